The SMILES string of the molecule is CCC/C(N)=C\C=C/C(C)/C=C\C=N. The van der Waals surface area contributed by atoms with Crippen molar-refractivity contribution in [3.8, 4) is 0 Å². The third kappa shape index (κ3) is 7.35. The van der Waals surface area contributed by atoms with Gasteiger partial charge in [-0.25, -0.2) is 0 Å². The first kappa shape index (κ1) is 12.7. The maximum absolute atomic E-state index is 6.83. The third-order valence-electron chi connectivity index (χ3n) is 1.77. The molecule has 0 aromatic heterocycles. The van der Waals surface area contributed by atoms with Gasteiger partial charge in [-0.1, -0.05) is 38.5 Å². The number of hydrogen-bond acceptors (Lipinski definition) is 2. The van der Waals surface area contributed by atoms with Gasteiger partial charge in [-0.3, -0.25) is 0 Å². The van der Waals surface area contributed by atoms with Crippen molar-refractivity contribution in [3.05, 3.63) is 36.1 Å². The highest BCUT2D eigenvalue weighted by molar-refractivity contribution is 5.67. The van der Waals surface area contributed by atoms with Crippen LogP contribution in [0.15, 0.2) is 36.1 Å². The third-order valence-corrected chi connectivity index (χ3v) is 1.77. The number of allylic oxidation sites excluding steroid dienone is 6. The van der Waals surface area contributed by atoms with Crippen LogP contribution in [0.3, 0.4) is 0 Å². The van der Waals surface area contributed by atoms with Gasteiger partial charge in [-0.15, -0.1) is 0 Å². The van der Waals surface area contributed by atoms with Crippen LogP contribution in [0.25, 0.3) is 0 Å². The minimum absolute atomic E-state index is 0.349. The molecule has 1 atom stereocenters. The summed E-state index contributed by atoms with van der Waals surface area (Å²) >= 11 is 0. The largest absolute Gasteiger partial charge is 0.402 e. The molecule has 0 aromatic carbocycles. The van der Waals surface area contributed by atoms with E-state index in [1.807, 2.05) is 18.2 Å². The first-order chi connectivity index (χ1) is 6.70. The Morgan fingerprint density at radius 3 is 2.57 bits per heavy atom. The van der Waals surface area contributed by atoms with Gasteiger partial charge in [0.15, 0.2) is 0 Å². The van der Waals surface area contributed by atoms with Crippen LogP contribution in [-0.4, -0.2) is 6.21 Å². The Kier molecular flexibility index (Phi) is 7.52. The van der Waals surface area contributed by atoms with E-state index in [1.54, 1.807) is 6.08 Å². The summed E-state index contributed by atoms with van der Waals surface area (Å²) in [6.45, 7) is 4.18. The number of rotatable bonds is 6. The smallest absolute Gasteiger partial charge is 0.0174 e. The van der Waals surface area contributed by atoms with Crippen LogP contribution in [0.2, 0.25) is 0 Å². The summed E-state index contributed by atoms with van der Waals surface area (Å²) in [5, 5.41) is 6.83. The second-order valence-electron chi connectivity index (χ2n) is 3.29. The minimum Gasteiger partial charge on any atom is -0.402 e. The van der Waals surface area contributed by atoms with Crippen LogP contribution in [0, 0.1) is 11.3 Å². The Labute approximate surface area is 86.7 Å². The molecule has 0 aliphatic heterocycles. The molecule has 0 amide bonds. The quantitative estimate of drug-likeness (QED) is 0.493. The topological polar surface area (TPSA) is 49.9 Å². The number of hydrogen-bond donors (Lipinski definition) is 2. The van der Waals surface area contributed by atoms with E-state index in [-0.39, 0.29) is 0 Å². The molecule has 0 rings (SSSR count). The standard InChI is InChI=1S/C12H20N2/c1-3-6-12(14)9-4-7-11(2)8-5-10-13/h4-5,7-11,13H,3,6,14H2,1-2H3/b7-4-,8-5-,12-9+,13-10?. The molecule has 2 heteroatoms. The van der Waals surface area contributed by atoms with Gasteiger partial charge in [0.25, 0.3) is 0 Å². The van der Waals surface area contributed by atoms with E-state index in [1.165, 1.54) is 6.21 Å². The van der Waals surface area contributed by atoms with Crippen molar-refractivity contribution in [2.75, 3.05) is 0 Å². The number of nitrogens with two attached hydrogens (primary N) is 1. The van der Waals surface area contributed by atoms with Crippen molar-refractivity contribution in [3.63, 3.8) is 0 Å². The fourth-order valence-electron chi connectivity index (χ4n) is 1.02. The molecular weight excluding hydrogens is 172 g/mol. The summed E-state index contributed by atoms with van der Waals surface area (Å²) in [4.78, 5) is 0. The lowest BCUT2D eigenvalue weighted by molar-refractivity contribution is 0.891. The van der Waals surface area contributed by atoms with Gasteiger partial charge in [0, 0.05) is 11.9 Å². The van der Waals surface area contributed by atoms with Crippen molar-refractivity contribution in [1.82, 2.24) is 0 Å². The Bertz CT molecular complexity index is 237. The van der Waals surface area contributed by atoms with Gasteiger partial charge in [0.05, 0.1) is 0 Å². The monoisotopic (exact) mass is 192 g/mol. The molecule has 0 radical (unpaired) electrons. The van der Waals surface area contributed by atoms with Crippen LogP contribution >= 0.6 is 0 Å². The van der Waals surface area contributed by atoms with Gasteiger partial charge < -0.3 is 11.1 Å². The molecule has 0 aliphatic carbocycles. The molecule has 3 N–H and O–H groups in total. The Morgan fingerprint density at radius 1 is 1.36 bits per heavy atom. The molecule has 0 aromatic rings. The van der Waals surface area contributed by atoms with E-state index in [0.29, 0.717) is 5.92 Å². The molecule has 1 unspecified atom stereocenters. The molecule has 0 saturated carbocycles. The van der Waals surface area contributed by atoms with Crippen molar-refractivity contribution < 1.29 is 0 Å². The minimum atomic E-state index is 0.349. The van der Waals surface area contributed by atoms with Gasteiger partial charge in [0.1, 0.15) is 0 Å². The molecule has 2 nitrogen and oxygen atoms in total. The molecular formula is C12H20N2. The van der Waals surface area contributed by atoms with E-state index in [2.05, 4.69) is 19.9 Å². The maximum atomic E-state index is 6.83. The number of nitrogens with one attached hydrogen (secondary N) is 1. The second-order valence-corrected chi connectivity index (χ2v) is 3.29. The van der Waals surface area contributed by atoms with Crippen molar-refractivity contribution in [2.24, 2.45) is 11.7 Å². The zero-order valence-corrected chi connectivity index (χ0v) is 9.03. The van der Waals surface area contributed by atoms with Gasteiger partial charge in [-0.05, 0) is 24.5 Å². The fraction of sp³-hybridized carbons (Fsp3) is 0.417. The summed E-state index contributed by atoms with van der Waals surface area (Å²) in [5.74, 6) is 0.349. The highest BCUT2D eigenvalue weighted by atomic mass is 14.6. The molecule has 78 valence electrons. The van der Waals surface area contributed by atoms with Crippen LogP contribution in [-0.2, 0) is 0 Å². The Hall–Kier alpha value is -1.31. The van der Waals surface area contributed by atoms with E-state index in [9.17, 15) is 0 Å². The van der Waals surface area contributed by atoms with Crippen molar-refractivity contribution in [2.45, 2.75) is 26.7 Å². The fourth-order valence-corrected chi connectivity index (χ4v) is 1.02. The van der Waals surface area contributed by atoms with E-state index in [4.69, 9.17) is 11.1 Å². The van der Waals surface area contributed by atoms with Crippen LogP contribution in [0.1, 0.15) is 26.7 Å². The zero-order chi connectivity index (χ0) is 10.8. The van der Waals surface area contributed by atoms with E-state index in [0.717, 1.165) is 18.5 Å². The predicted octanol–water partition coefficient (Wildman–Crippen LogP) is 3.03. The molecule has 0 fully saturated rings. The maximum Gasteiger partial charge on any atom is 0.0174 e. The van der Waals surface area contributed by atoms with Gasteiger partial charge in [0.2, 0.25) is 0 Å². The van der Waals surface area contributed by atoms with Gasteiger partial charge in [-0.2, -0.15) is 0 Å². The second kappa shape index (κ2) is 8.30. The first-order valence-corrected chi connectivity index (χ1v) is 5.00. The molecule has 14 heavy (non-hydrogen) atoms. The average Bonchev–Trinajstić information content (AvgIpc) is 2.15. The molecule has 0 saturated heterocycles. The van der Waals surface area contributed by atoms with E-state index >= 15 is 0 Å². The summed E-state index contributed by atoms with van der Waals surface area (Å²) in [5.41, 5.74) is 6.65. The predicted molar refractivity (Wildman–Crippen MR) is 63.4 cm³/mol. The highest BCUT2D eigenvalue weighted by Gasteiger charge is 1.87. The zero-order valence-electron chi connectivity index (χ0n) is 9.03. The summed E-state index contributed by atoms with van der Waals surface area (Å²) in [7, 11) is 0. The lowest BCUT2D eigenvalue weighted by Crippen LogP contribution is -1.94. The van der Waals surface area contributed by atoms with Gasteiger partial charge >= 0.3 is 0 Å². The molecule has 0 aliphatic rings. The first-order valence-electron chi connectivity index (χ1n) is 5.00. The summed E-state index contributed by atoms with van der Waals surface area (Å²) < 4.78 is 0. The average molecular weight is 192 g/mol. The lowest BCUT2D eigenvalue weighted by Gasteiger charge is -1.96. The van der Waals surface area contributed by atoms with Crippen LogP contribution < -0.4 is 5.73 Å². The van der Waals surface area contributed by atoms with Crippen LogP contribution in [0.4, 0.5) is 0 Å². The summed E-state index contributed by atoms with van der Waals surface area (Å²) in [6.07, 6.45) is 13.0. The van der Waals surface area contributed by atoms with Crippen LogP contribution in [0.5, 0.6) is 0 Å². The normalized spacial score (nSPS) is 15.1. The van der Waals surface area contributed by atoms with Crippen molar-refractivity contribution >= 4 is 6.21 Å². The molecule has 0 bridgehead atoms. The van der Waals surface area contributed by atoms with E-state index < -0.39 is 0 Å². The highest BCUT2D eigenvalue weighted by Crippen LogP contribution is 2.01. The van der Waals surface area contributed by atoms with Crippen molar-refractivity contribution in [1.29, 1.82) is 5.41 Å². The Morgan fingerprint density at radius 2 is 2.00 bits per heavy atom. The summed E-state index contributed by atoms with van der Waals surface area (Å²) in [6, 6.07) is 0. The lowest BCUT2D eigenvalue weighted by atomic mass is 10.1. The Balaban J connectivity index is 3.97. The molecule has 0 spiro atoms. The molecule has 0 heterocycles.